The molecular formula is C61H98O27. The summed E-state index contributed by atoms with van der Waals surface area (Å²) in [5, 5.41) is 153. The fourth-order valence-corrected chi connectivity index (χ4v) is 17.7. The second-order valence-corrected chi connectivity index (χ2v) is 29.1. The molecule has 0 aromatic carbocycles. The highest BCUT2D eigenvalue weighted by Gasteiger charge is 2.71. The highest BCUT2D eigenvalue weighted by molar-refractivity contribution is 5.79. The van der Waals surface area contributed by atoms with Crippen LogP contribution < -0.4 is 0 Å². The van der Waals surface area contributed by atoms with Crippen LogP contribution in [0.15, 0.2) is 11.6 Å². The van der Waals surface area contributed by atoms with Crippen LogP contribution in [0.5, 0.6) is 0 Å². The Morgan fingerprint density at radius 2 is 1.15 bits per heavy atom. The van der Waals surface area contributed by atoms with Gasteiger partial charge in [0.1, 0.15) is 110 Å². The number of carbonyl (C=O) groups is 2. The Labute approximate surface area is 512 Å². The standard InChI is InChI=1S/C61H98O27/c1-25-36(65)40(69)44(73)51(81-25)86-48-32(23-78-27(3)63)84-50(47(76)43(48)72)80-22-31-39(68)42(71)46(75)53(83-31)88-55(77)61-18-16-56(4,5)20-29(61)28-10-11-34-57(6)14-13-35(58(7,24-62)33(57)12-15-60(34,9)59(28,8)17-19-61)85-54-49(38(67)30(64)21-79-54)87-52-45(74)41(70)37(66)26(2)82-52/h10,25-26,29-54,62,64-76H,11-24H2,1-9H3. The van der Waals surface area contributed by atoms with E-state index >= 15 is 4.79 Å². The van der Waals surface area contributed by atoms with Crippen LogP contribution in [0.4, 0.5) is 0 Å². The molecule has 5 aliphatic heterocycles. The number of ether oxygens (including phenoxy) is 11. The van der Waals surface area contributed by atoms with E-state index in [2.05, 4.69) is 40.7 Å². The lowest BCUT2D eigenvalue weighted by molar-refractivity contribution is -0.365. The first kappa shape index (κ1) is 68.6. The third kappa shape index (κ3) is 11.8. The van der Waals surface area contributed by atoms with Gasteiger partial charge in [0, 0.05) is 12.3 Å². The molecule has 33 atom stereocenters. The maximum Gasteiger partial charge on any atom is 0.315 e. The smallest absolute Gasteiger partial charge is 0.315 e. The second-order valence-electron chi connectivity index (χ2n) is 29.1. The SMILES string of the molecule is CC(=O)OCC1OC(OCC2OC(OC(=O)C34CCC(C)(C)CC3C3=CCC5C6(C)CCC(OC7OCC(O)C(O)C7OC7OC(C)C(O)C(O)C7O)C(C)(CO)C6CCC5(C)C3(C)CC4)C(O)C(O)C2O)C(O)C(O)C1OC1OC(C)C(O)C(O)C1O. The van der Waals surface area contributed by atoms with E-state index in [1.54, 1.807) is 0 Å². The van der Waals surface area contributed by atoms with Gasteiger partial charge in [-0.25, -0.2) is 0 Å². The Balaban J connectivity index is 0.838. The number of aliphatic hydroxyl groups excluding tert-OH is 14. The predicted octanol–water partition coefficient (Wildman–Crippen LogP) is -1.97. The number of carbonyl (C=O) groups excluding carboxylic acids is 2. The highest BCUT2D eigenvalue weighted by atomic mass is 16.8. The lowest BCUT2D eigenvalue weighted by Gasteiger charge is -2.71. The molecule has 5 heterocycles. The molecule has 14 N–H and O–H groups in total. The second kappa shape index (κ2) is 25.5. The van der Waals surface area contributed by atoms with E-state index in [-0.39, 0.29) is 47.2 Å². The van der Waals surface area contributed by atoms with Crippen LogP contribution in [0.3, 0.4) is 0 Å². The van der Waals surface area contributed by atoms with Crippen LogP contribution >= 0.6 is 0 Å². The van der Waals surface area contributed by atoms with Gasteiger partial charge >= 0.3 is 11.9 Å². The molecule has 27 heteroatoms. The Hall–Kier alpha value is -2.24. The molecule has 0 spiro atoms. The van der Waals surface area contributed by atoms with Crippen LogP contribution in [0.2, 0.25) is 0 Å². The van der Waals surface area contributed by atoms with Crippen LogP contribution in [-0.2, 0) is 61.7 Å². The normalized spacial score (nSPS) is 53.7. The quantitative estimate of drug-likeness (QED) is 0.0509. The summed E-state index contributed by atoms with van der Waals surface area (Å²) in [4.78, 5) is 27.2. The van der Waals surface area contributed by atoms with E-state index < -0.39 is 195 Å². The van der Waals surface area contributed by atoms with Gasteiger partial charge in [-0.3, -0.25) is 9.59 Å². The molecular weight excluding hydrogens is 1160 g/mol. The Kier molecular flexibility index (Phi) is 19.9. The average Bonchev–Trinajstić information content (AvgIpc) is 0.688. The summed E-state index contributed by atoms with van der Waals surface area (Å²) in [6.07, 6.45) is -30.1. The number of allylic oxidation sites excluding steroid dienone is 2. The number of rotatable bonds is 14. The molecule has 504 valence electrons. The molecule has 0 bridgehead atoms. The van der Waals surface area contributed by atoms with E-state index in [4.69, 9.17) is 52.1 Å². The third-order valence-corrected chi connectivity index (χ3v) is 23.5. The maximum atomic E-state index is 15.3. The first-order chi connectivity index (χ1) is 41.2. The number of fused-ring (bicyclic) bond motifs is 7. The average molecular weight is 1260 g/mol. The molecule has 10 rings (SSSR count). The van der Waals surface area contributed by atoms with E-state index in [0.29, 0.717) is 57.8 Å². The first-order valence-electron chi connectivity index (χ1n) is 31.5. The van der Waals surface area contributed by atoms with Gasteiger partial charge in [-0.15, -0.1) is 0 Å². The number of hydrogen-bond donors (Lipinski definition) is 14. The zero-order valence-electron chi connectivity index (χ0n) is 51.7. The predicted molar refractivity (Wildman–Crippen MR) is 298 cm³/mol. The van der Waals surface area contributed by atoms with Gasteiger partial charge in [0.25, 0.3) is 0 Å². The fraction of sp³-hybridized carbons (Fsp3) is 0.934. The van der Waals surface area contributed by atoms with Crippen molar-refractivity contribution in [2.45, 2.75) is 280 Å². The largest absolute Gasteiger partial charge is 0.463 e. The van der Waals surface area contributed by atoms with Gasteiger partial charge in [-0.05, 0) is 117 Å². The Morgan fingerprint density at radius 3 is 1.77 bits per heavy atom. The topological polar surface area (TPSA) is 419 Å². The first-order valence-corrected chi connectivity index (χ1v) is 31.5. The van der Waals surface area contributed by atoms with Gasteiger partial charge in [0.2, 0.25) is 6.29 Å². The Morgan fingerprint density at radius 1 is 0.568 bits per heavy atom. The van der Waals surface area contributed by atoms with Crippen LogP contribution in [0.25, 0.3) is 0 Å². The van der Waals surface area contributed by atoms with Gasteiger partial charge in [-0.1, -0.05) is 53.2 Å². The molecule has 5 aliphatic carbocycles. The van der Waals surface area contributed by atoms with Crippen molar-refractivity contribution in [3.8, 4) is 0 Å². The van der Waals surface area contributed by atoms with Gasteiger partial charge < -0.3 is 124 Å². The van der Waals surface area contributed by atoms with Crippen molar-refractivity contribution >= 4 is 11.9 Å². The number of aliphatic hydroxyl groups is 14. The molecule has 88 heavy (non-hydrogen) atoms. The molecule has 27 nitrogen and oxygen atoms in total. The van der Waals surface area contributed by atoms with Gasteiger partial charge in [0.15, 0.2) is 25.2 Å². The molecule has 0 radical (unpaired) electrons. The summed E-state index contributed by atoms with van der Waals surface area (Å²) < 4.78 is 65.1. The molecule has 0 aromatic heterocycles. The minimum Gasteiger partial charge on any atom is -0.463 e. The molecule has 10 aliphatic rings. The van der Waals surface area contributed by atoms with Crippen molar-refractivity contribution in [3.05, 3.63) is 11.6 Å². The van der Waals surface area contributed by atoms with E-state index in [1.165, 1.54) is 19.4 Å². The van der Waals surface area contributed by atoms with E-state index in [0.717, 1.165) is 13.3 Å². The van der Waals surface area contributed by atoms with Crippen LogP contribution in [-0.4, -0.2) is 263 Å². The summed E-state index contributed by atoms with van der Waals surface area (Å²) in [7, 11) is 0. The summed E-state index contributed by atoms with van der Waals surface area (Å²) in [6.45, 7) is 15.6. The molecule has 0 amide bonds. The van der Waals surface area contributed by atoms with Crippen molar-refractivity contribution in [1.29, 1.82) is 0 Å². The number of esters is 2. The van der Waals surface area contributed by atoms with Crippen LogP contribution in [0.1, 0.15) is 127 Å². The van der Waals surface area contributed by atoms with Gasteiger partial charge in [-0.2, -0.15) is 0 Å². The maximum absolute atomic E-state index is 15.3. The Bertz CT molecular complexity index is 2490. The minimum absolute atomic E-state index is 0.0746. The third-order valence-electron chi connectivity index (χ3n) is 23.5. The minimum atomic E-state index is -1.92. The summed E-state index contributed by atoms with van der Waals surface area (Å²) in [6, 6.07) is 0. The van der Waals surface area contributed by atoms with Crippen molar-refractivity contribution in [3.63, 3.8) is 0 Å². The monoisotopic (exact) mass is 1260 g/mol. The van der Waals surface area contributed by atoms with Crippen molar-refractivity contribution in [2.75, 3.05) is 26.4 Å². The van der Waals surface area contributed by atoms with Crippen molar-refractivity contribution in [1.82, 2.24) is 0 Å². The lowest BCUT2D eigenvalue weighted by atomic mass is 9.33. The molecule has 9 fully saturated rings. The zero-order chi connectivity index (χ0) is 64.3. The lowest BCUT2D eigenvalue weighted by Crippen LogP contribution is -2.67. The zero-order valence-corrected chi connectivity index (χ0v) is 51.7. The summed E-state index contributed by atoms with van der Waals surface area (Å²) in [5.74, 6) is -1.65. The van der Waals surface area contributed by atoms with Gasteiger partial charge in [0.05, 0.1) is 43.5 Å². The molecule has 5 saturated heterocycles. The number of hydrogen-bond acceptors (Lipinski definition) is 27. The van der Waals surface area contributed by atoms with E-state index in [9.17, 15) is 76.3 Å². The summed E-state index contributed by atoms with van der Waals surface area (Å²) in [5.41, 5.74) is -2.01. The van der Waals surface area contributed by atoms with Crippen molar-refractivity contribution in [2.24, 2.45) is 50.2 Å². The fourth-order valence-electron chi connectivity index (χ4n) is 17.7. The summed E-state index contributed by atoms with van der Waals surface area (Å²) >= 11 is 0. The molecule has 4 saturated carbocycles. The van der Waals surface area contributed by atoms with Crippen molar-refractivity contribution < 1.29 is 133 Å². The molecule has 33 unspecified atom stereocenters. The highest BCUT2D eigenvalue weighted by Crippen LogP contribution is 2.76. The van der Waals surface area contributed by atoms with Crippen LogP contribution in [0, 0.1) is 50.2 Å². The molecule has 0 aromatic rings. The van der Waals surface area contributed by atoms with E-state index in [1.807, 2.05) is 6.92 Å².